The van der Waals surface area contributed by atoms with E-state index in [4.69, 9.17) is 4.74 Å². The zero-order valence-corrected chi connectivity index (χ0v) is 14.6. The lowest BCUT2D eigenvalue weighted by Gasteiger charge is -2.24. The Kier molecular flexibility index (Phi) is 5.91. The van der Waals surface area contributed by atoms with E-state index in [1.165, 1.54) is 12.1 Å². The number of esters is 1. The third-order valence-corrected chi connectivity index (χ3v) is 3.39. The number of hydrogen-bond donors (Lipinski definition) is 1. The van der Waals surface area contributed by atoms with Crippen LogP contribution in [-0.4, -0.2) is 23.5 Å². The molecule has 0 saturated carbocycles. The molecule has 0 unspecified atom stereocenters. The summed E-state index contributed by atoms with van der Waals surface area (Å²) in [6.07, 6.45) is 0.216. The highest BCUT2D eigenvalue weighted by Gasteiger charge is 2.27. The predicted molar refractivity (Wildman–Crippen MR) is 93.6 cm³/mol. The summed E-state index contributed by atoms with van der Waals surface area (Å²) in [5.74, 6) is -1.24. The SMILES string of the molecule is CC(C)(C)OC(=O)[C@@H](Cc1ccc(F)cc1)NC(=O)c1ccccc1. The Labute approximate surface area is 147 Å². The van der Waals surface area contributed by atoms with Crippen molar-refractivity contribution in [3.63, 3.8) is 0 Å². The average molecular weight is 343 g/mol. The minimum absolute atomic E-state index is 0.216. The Morgan fingerprint density at radius 3 is 2.20 bits per heavy atom. The van der Waals surface area contributed by atoms with E-state index in [1.807, 2.05) is 0 Å². The summed E-state index contributed by atoms with van der Waals surface area (Å²) in [6, 6.07) is 13.6. The Hall–Kier alpha value is -2.69. The van der Waals surface area contributed by atoms with E-state index >= 15 is 0 Å². The van der Waals surface area contributed by atoms with Gasteiger partial charge in [-0.25, -0.2) is 9.18 Å². The van der Waals surface area contributed by atoms with E-state index in [9.17, 15) is 14.0 Å². The van der Waals surface area contributed by atoms with E-state index in [2.05, 4.69) is 5.32 Å². The van der Waals surface area contributed by atoms with Crippen molar-refractivity contribution in [2.75, 3.05) is 0 Å². The third-order valence-electron chi connectivity index (χ3n) is 3.39. The molecule has 25 heavy (non-hydrogen) atoms. The minimum atomic E-state index is -0.864. The highest BCUT2D eigenvalue weighted by atomic mass is 19.1. The zero-order chi connectivity index (χ0) is 18.4. The molecule has 0 aliphatic rings. The molecule has 132 valence electrons. The van der Waals surface area contributed by atoms with Crippen LogP contribution in [0.3, 0.4) is 0 Å². The second kappa shape index (κ2) is 7.92. The lowest BCUT2D eigenvalue weighted by atomic mass is 10.0. The van der Waals surface area contributed by atoms with E-state index in [0.29, 0.717) is 5.56 Å². The first-order valence-electron chi connectivity index (χ1n) is 8.08. The quantitative estimate of drug-likeness (QED) is 0.845. The van der Waals surface area contributed by atoms with Crippen LogP contribution in [0.15, 0.2) is 54.6 Å². The zero-order valence-electron chi connectivity index (χ0n) is 14.6. The van der Waals surface area contributed by atoms with Crippen LogP contribution in [0.5, 0.6) is 0 Å². The summed E-state index contributed by atoms with van der Waals surface area (Å²) in [5, 5.41) is 2.71. The number of carbonyl (C=O) groups is 2. The van der Waals surface area contributed by atoms with Gasteiger partial charge in [0, 0.05) is 12.0 Å². The van der Waals surface area contributed by atoms with Gasteiger partial charge in [-0.15, -0.1) is 0 Å². The maximum atomic E-state index is 13.1. The fourth-order valence-corrected chi connectivity index (χ4v) is 2.25. The minimum Gasteiger partial charge on any atom is -0.458 e. The number of carbonyl (C=O) groups excluding carboxylic acids is 2. The van der Waals surface area contributed by atoms with E-state index < -0.39 is 17.6 Å². The highest BCUT2D eigenvalue weighted by molar-refractivity contribution is 5.96. The van der Waals surface area contributed by atoms with Crippen LogP contribution >= 0.6 is 0 Å². The Balaban J connectivity index is 2.17. The number of benzene rings is 2. The summed E-state index contributed by atoms with van der Waals surface area (Å²) in [7, 11) is 0. The van der Waals surface area contributed by atoms with E-state index in [-0.39, 0.29) is 18.1 Å². The third kappa shape index (κ3) is 6.03. The van der Waals surface area contributed by atoms with Gasteiger partial charge in [0.1, 0.15) is 17.5 Å². The second-order valence-electron chi connectivity index (χ2n) is 6.76. The van der Waals surface area contributed by atoms with Gasteiger partial charge < -0.3 is 10.1 Å². The van der Waals surface area contributed by atoms with Crippen LogP contribution in [0.25, 0.3) is 0 Å². The molecule has 0 aliphatic carbocycles. The first-order valence-corrected chi connectivity index (χ1v) is 8.08. The fraction of sp³-hybridized carbons (Fsp3) is 0.300. The van der Waals surface area contributed by atoms with Crippen LogP contribution in [0.1, 0.15) is 36.7 Å². The monoisotopic (exact) mass is 343 g/mol. The molecular formula is C20H22FNO3. The topological polar surface area (TPSA) is 55.4 Å². The van der Waals surface area contributed by atoms with Gasteiger partial charge in [0.05, 0.1) is 0 Å². The van der Waals surface area contributed by atoms with Crippen LogP contribution < -0.4 is 5.32 Å². The van der Waals surface area contributed by atoms with Gasteiger partial charge in [0.2, 0.25) is 0 Å². The normalized spacial score (nSPS) is 12.3. The highest BCUT2D eigenvalue weighted by Crippen LogP contribution is 2.13. The Morgan fingerprint density at radius 2 is 1.64 bits per heavy atom. The molecule has 0 saturated heterocycles. The molecule has 0 aromatic heterocycles. The van der Waals surface area contributed by atoms with Crippen LogP contribution in [-0.2, 0) is 16.0 Å². The summed E-state index contributed by atoms with van der Waals surface area (Å²) >= 11 is 0. The molecule has 0 radical (unpaired) electrons. The van der Waals surface area contributed by atoms with Gasteiger partial charge >= 0.3 is 5.97 Å². The molecule has 5 heteroatoms. The molecule has 0 aliphatic heterocycles. The standard InChI is InChI=1S/C20H22FNO3/c1-20(2,3)25-19(24)17(13-14-9-11-16(21)12-10-14)22-18(23)15-7-5-4-6-8-15/h4-12,17H,13H2,1-3H3,(H,22,23)/t17-/m1/s1. The molecule has 1 atom stereocenters. The van der Waals surface area contributed by atoms with Crippen molar-refractivity contribution in [2.45, 2.75) is 38.8 Å². The Morgan fingerprint density at radius 1 is 1.04 bits per heavy atom. The van der Waals surface area contributed by atoms with Crippen molar-refractivity contribution >= 4 is 11.9 Å². The van der Waals surface area contributed by atoms with Gasteiger partial charge in [-0.05, 0) is 50.6 Å². The predicted octanol–water partition coefficient (Wildman–Crippen LogP) is 3.51. The Bertz CT molecular complexity index is 721. The number of hydrogen-bond acceptors (Lipinski definition) is 3. The summed E-state index contributed by atoms with van der Waals surface area (Å²) in [4.78, 5) is 24.9. The summed E-state index contributed by atoms with van der Waals surface area (Å²) in [5.41, 5.74) is 0.510. The van der Waals surface area contributed by atoms with Crippen LogP contribution in [0.4, 0.5) is 4.39 Å². The maximum absolute atomic E-state index is 13.1. The number of rotatable bonds is 5. The maximum Gasteiger partial charge on any atom is 0.329 e. The van der Waals surface area contributed by atoms with Gasteiger partial charge in [-0.1, -0.05) is 30.3 Å². The van der Waals surface area contributed by atoms with Crippen molar-refractivity contribution in [3.8, 4) is 0 Å². The van der Waals surface area contributed by atoms with Crippen molar-refractivity contribution in [3.05, 3.63) is 71.5 Å². The van der Waals surface area contributed by atoms with Crippen LogP contribution in [0, 0.1) is 5.82 Å². The molecule has 1 amide bonds. The lowest BCUT2D eigenvalue weighted by molar-refractivity contribution is -0.157. The van der Waals surface area contributed by atoms with E-state index in [0.717, 1.165) is 5.56 Å². The molecule has 0 spiro atoms. The molecular weight excluding hydrogens is 321 g/mol. The average Bonchev–Trinajstić information content (AvgIpc) is 2.55. The summed E-state index contributed by atoms with van der Waals surface area (Å²) < 4.78 is 18.5. The van der Waals surface area contributed by atoms with Crippen molar-refractivity contribution in [2.24, 2.45) is 0 Å². The van der Waals surface area contributed by atoms with Crippen molar-refractivity contribution in [1.29, 1.82) is 0 Å². The van der Waals surface area contributed by atoms with Gasteiger partial charge in [-0.2, -0.15) is 0 Å². The fourth-order valence-electron chi connectivity index (χ4n) is 2.25. The van der Waals surface area contributed by atoms with Crippen LogP contribution in [0.2, 0.25) is 0 Å². The number of ether oxygens (including phenoxy) is 1. The van der Waals surface area contributed by atoms with Crippen molar-refractivity contribution < 1.29 is 18.7 Å². The molecule has 2 aromatic carbocycles. The molecule has 1 N–H and O–H groups in total. The largest absolute Gasteiger partial charge is 0.458 e. The van der Waals surface area contributed by atoms with E-state index in [1.54, 1.807) is 63.2 Å². The molecule has 2 aromatic rings. The summed E-state index contributed by atoms with van der Waals surface area (Å²) in [6.45, 7) is 5.29. The van der Waals surface area contributed by atoms with Gasteiger partial charge in [-0.3, -0.25) is 4.79 Å². The number of amides is 1. The first kappa shape index (κ1) is 18.6. The first-order chi connectivity index (χ1) is 11.7. The lowest BCUT2D eigenvalue weighted by Crippen LogP contribution is -2.45. The molecule has 2 rings (SSSR count). The molecule has 0 fully saturated rings. The number of halogens is 1. The smallest absolute Gasteiger partial charge is 0.329 e. The molecule has 0 bridgehead atoms. The molecule has 0 heterocycles. The van der Waals surface area contributed by atoms with Gasteiger partial charge in [0.25, 0.3) is 5.91 Å². The second-order valence-corrected chi connectivity index (χ2v) is 6.76. The van der Waals surface area contributed by atoms with Gasteiger partial charge in [0.15, 0.2) is 0 Å². The number of nitrogens with one attached hydrogen (secondary N) is 1. The molecule has 4 nitrogen and oxygen atoms in total. The van der Waals surface area contributed by atoms with Crippen molar-refractivity contribution in [1.82, 2.24) is 5.32 Å².